The SMILES string of the molecule is N/C(CN(C(=O)c1cc(Cl)ccc1I)C1CCCC1)=N/O. The van der Waals surface area contributed by atoms with Gasteiger partial charge in [-0.15, -0.1) is 0 Å². The molecule has 21 heavy (non-hydrogen) atoms. The lowest BCUT2D eigenvalue weighted by atomic mass is 10.1. The number of carbonyl (C=O) groups excluding carboxylic acids is 1. The van der Waals surface area contributed by atoms with Gasteiger partial charge in [-0.3, -0.25) is 4.79 Å². The van der Waals surface area contributed by atoms with Crippen molar-refractivity contribution in [3.63, 3.8) is 0 Å². The summed E-state index contributed by atoms with van der Waals surface area (Å²) in [5, 5.41) is 12.3. The molecule has 0 unspecified atom stereocenters. The number of nitrogens with zero attached hydrogens (tertiary/aromatic N) is 2. The van der Waals surface area contributed by atoms with E-state index in [9.17, 15) is 4.79 Å². The maximum atomic E-state index is 12.8. The molecule has 114 valence electrons. The van der Waals surface area contributed by atoms with Gasteiger partial charge in [-0.25, -0.2) is 0 Å². The number of amides is 1. The van der Waals surface area contributed by atoms with Crippen LogP contribution in [0.3, 0.4) is 0 Å². The van der Waals surface area contributed by atoms with Crippen LogP contribution in [-0.2, 0) is 0 Å². The lowest BCUT2D eigenvalue weighted by Crippen LogP contribution is -2.44. The van der Waals surface area contributed by atoms with Crippen LogP contribution in [0.5, 0.6) is 0 Å². The van der Waals surface area contributed by atoms with Crippen LogP contribution in [0.4, 0.5) is 0 Å². The molecule has 1 amide bonds. The molecule has 1 fully saturated rings. The Kier molecular flexibility index (Phi) is 5.69. The highest BCUT2D eigenvalue weighted by Crippen LogP contribution is 2.27. The van der Waals surface area contributed by atoms with Gasteiger partial charge in [0, 0.05) is 14.6 Å². The zero-order valence-corrected chi connectivity index (χ0v) is 14.3. The first kappa shape index (κ1) is 16.4. The molecule has 0 aromatic heterocycles. The van der Waals surface area contributed by atoms with E-state index < -0.39 is 0 Å². The molecule has 1 aliphatic carbocycles. The Morgan fingerprint density at radius 1 is 1.48 bits per heavy atom. The average molecular weight is 422 g/mol. The molecule has 0 saturated heterocycles. The topological polar surface area (TPSA) is 78.9 Å². The molecular formula is C14H17ClIN3O2. The number of rotatable bonds is 4. The molecule has 0 heterocycles. The zero-order valence-electron chi connectivity index (χ0n) is 11.4. The van der Waals surface area contributed by atoms with Crippen molar-refractivity contribution in [2.45, 2.75) is 31.7 Å². The summed E-state index contributed by atoms with van der Waals surface area (Å²) in [5.74, 6) is -0.0901. The summed E-state index contributed by atoms with van der Waals surface area (Å²) in [6.45, 7) is 0.128. The van der Waals surface area contributed by atoms with E-state index >= 15 is 0 Å². The van der Waals surface area contributed by atoms with Gasteiger partial charge in [0.1, 0.15) is 0 Å². The predicted molar refractivity (Wildman–Crippen MR) is 90.9 cm³/mol. The minimum absolute atomic E-state index is 0.0345. The van der Waals surface area contributed by atoms with Gasteiger partial charge in [-0.05, 0) is 53.6 Å². The lowest BCUT2D eigenvalue weighted by Gasteiger charge is -2.29. The maximum absolute atomic E-state index is 12.8. The molecule has 1 aromatic rings. The van der Waals surface area contributed by atoms with Crippen LogP contribution in [0.1, 0.15) is 36.0 Å². The van der Waals surface area contributed by atoms with Crippen LogP contribution >= 0.6 is 34.2 Å². The lowest BCUT2D eigenvalue weighted by molar-refractivity contribution is 0.0711. The van der Waals surface area contributed by atoms with Crippen LogP contribution in [-0.4, -0.2) is 34.4 Å². The van der Waals surface area contributed by atoms with Crippen molar-refractivity contribution in [1.82, 2.24) is 4.90 Å². The summed E-state index contributed by atoms with van der Waals surface area (Å²) in [7, 11) is 0. The summed E-state index contributed by atoms with van der Waals surface area (Å²) in [4.78, 5) is 14.5. The molecule has 2 rings (SSSR count). The van der Waals surface area contributed by atoms with Crippen LogP contribution in [0, 0.1) is 3.57 Å². The first-order valence-electron chi connectivity index (χ1n) is 6.75. The van der Waals surface area contributed by atoms with Gasteiger partial charge in [-0.1, -0.05) is 29.6 Å². The fourth-order valence-corrected chi connectivity index (χ4v) is 3.34. The highest BCUT2D eigenvalue weighted by atomic mass is 127. The van der Waals surface area contributed by atoms with Crippen molar-refractivity contribution in [1.29, 1.82) is 0 Å². The van der Waals surface area contributed by atoms with E-state index in [0.29, 0.717) is 10.6 Å². The second kappa shape index (κ2) is 7.31. The standard InChI is InChI=1S/C14H17ClIN3O2/c15-9-5-6-12(16)11(7-9)14(20)19(8-13(17)18-21)10-3-1-2-4-10/h5-7,10,21H,1-4,8H2,(H2,17,18). The summed E-state index contributed by atoms with van der Waals surface area (Å²) in [5.41, 5.74) is 6.16. The van der Waals surface area contributed by atoms with Gasteiger partial charge in [0.25, 0.3) is 5.91 Å². The minimum Gasteiger partial charge on any atom is -0.409 e. The highest BCUT2D eigenvalue weighted by molar-refractivity contribution is 14.1. The molecule has 0 atom stereocenters. The van der Waals surface area contributed by atoms with Crippen molar-refractivity contribution in [2.75, 3.05) is 6.54 Å². The monoisotopic (exact) mass is 421 g/mol. The molecule has 0 radical (unpaired) electrons. The average Bonchev–Trinajstić information content (AvgIpc) is 3.00. The van der Waals surface area contributed by atoms with Gasteiger partial charge >= 0.3 is 0 Å². The highest BCUT2D eigenvalue weighted by Gasteiger charge is 2.29. The Morgan fingerprint density at radius 3 is 2.76 bits per heavy atom. The number of hydrogen-bond donors (Lipinski definition) is 2. The van der Waals surface area contributed by atoms with E-state index in [1.165, 1.54) is 0 Å². The Morgan fingerprint density at radius 2 is 2.14 bits per heavy atom. The molecule has 1 aromatic carbocycles. The molecule has 5 nitrogen and oxygen atoms in total. The van der Waals surface area contributed by atoms with Gasteiger partial charge in [0.15, 0.2) is 5.84 Å². The Hall–Kier alpha value is -1.02. The molecule has 7 heteroatoms. The van der Waals surface area contributed by atoms with Crippen LogP contribution in [0.2, 0.25) is 5.02 Å². The first-order valence-corrected chi connectivity index (χ1v) is 8.21. The quantitative estimate of drug-likeness (QED) is 0.258. The fourth-order valence-electron chi connectivity index (χ4n) is 2.60. The van der Waals surface area contributed by atoms with E-state index in [2.05, 4.69) is 27.7 Å². The third-order valence-electron chi connectivity index (χ3n) is 3.65. The van der Waals surface area contributed by atoms with Crippen LogP contribution in [0.15, 0.2) is 23.4 Å². The van der Waals surface area contributed by atoms with E-state index in [1.807, 2.05) is 6.07 Å². The Bertz CT molecular complexity index is 559. The number of hydrogen-bond acceptors (Lipinski definition) is 3. The van der Waals surface area contributed by atoms with Crippen molar-refractivity contribution in [3.05, 3.63) is 32.4 Å². The number of benzene rings is 1. The van der Waals surface area contributed by atoms with E-state index in [4.69, 9.17) is 22.5 Å². The molecule has 0 spiro atoms. The van der Waals surface area contributed by atoms with Crippen molar-refractivity contribution in [2.24, 2.45) is 10.9 Å². The maximum Gasteiger partial charge on any atom is 0.255 e. The first-order chi connectivity index (χ1) is 10.0. The minimum atomic E-state index is -0.125. The summed E-state index contributed by atoms with van der Waals surface area (Å²) in [6.07, 6.45) is 4.08. The Balaban J connectivity index is 2.30. The Labute approximate surface area is 142 Å². The van der Waals surface area contributed by atoms with E-state index in [1.54, 1.807) is 17.0 Å². The number of carbonyl (C=O) groups is 1. The van der Waals surface area contributed by atoms with Crippen molar-refractivity contribution in [3.8, 4) is 0 Å². The van der Waals surface area contributed by atoms with Crippen LogP contribution in [0.25, 0.3) is 0 Å². The molecule has 3 N–H and O–H groups in total. The number of oxime groups is 1. The fraction of sp³-hybridized carbons (Fsp3) is 0.429. The van der Waals surface area contributed by atoms with E-state index in [-0.39, 0.29) is 24.3 Å². The second-order valence-corrected chi connectivity index (χ2v) is 6.69. The molecular weight excluding hydrogens is 405 g/mol. The van der Waals surface area contributed by atoms with Crippen molar-refractivity contribution >= 4 is 45.9 Å². The summed E-state index contributed by atoms with van der Waals surface area (Å²) >= 11 is 8.11. The van der Waals surface area contributed by atoms with Crippen LogP contribution < -0.4 is 5.73 Å². The van der Waals surface area contributed by atoms with Gasteiger partial charge < -0.3 is 15.8 Å². The summed E-state index contributed by atoms with van der Waals surface area (Å²) < 4.78 is 0.838. The van der Waals surface area contributed by atoms with Gasteiger partial charge in [0.05, 0.1) is 12.1 Å². The van der Waals surface area contributed by atoms with Crippen molar-refractivity contribution < 1.29 is 10.0 Å². The van der Waals surface area contributed by atoms with E-state index in [0.717, 1.165) is 29.3 Å². The molecule has 1 aliphatic rings. The molecule has 1 saturated carbocycles. The smallest absolute Gasteiger partial charge is 0.255 e. The van der Waals surface area contributed by atoms with Gasteiger partial charge in [-0.2, -0.15) is 0 Å². The number of halogens is 2. The molecule has 0 aliphatic heterocycles. The third-order valence-corrected chi connectivity index (χ3v) is 4.82. The van der Waals surface area contributed by atoms with Gasteiger partial charge in [0.2, 0.25) is 0 Å². The zero-order chi connectivity index (χ0) is 15.4. The normalized spacial score (nSPS) is 16.2. The summed E-state index contributed by atoms with van der Waals surface area (Å²) in [6, 6.07) is 5.36. The second-order valence-electron chi connectivity index (χ2n) is 5.09. The molecule has 0 bridgehead atoms. The number of amidine groups is 1. The predicted octanol–water partition coefficient (Wildman–Crippen LogP) is 3.08. The largest absolute Gasteiger partial charge is 0.409 e. The third kappa shape index (κ3) is 4.00. The number of nitrogens with two attached hydrogens (primary N) is 1.